The Morgan fingerprint density at radius 1 is 1.15 bits per heavy atom. The number of carbonyl (C=O) groups is 2. The second kappa shape index (κ2) is 7.50. The SMILES string of the molecule is O=C(O)CN1C[C@@H]2COC[C@H](C1)N(C(=O)c1ccc(-c3ccn[nH]3)cc1)C2. The van der Waals surface area contributed by atoms with Crippen molar-refractivity contribution in [3.8, 4) is 11.3 Å². The molecule has 0 radical (unpaired) electrons. The van der Waals surface area contributed by atoms with Gasteiger partial charge in [-0.25, -0.2) is 0 Å². The van der Waals surface area contributed by atoms with Gasteiger partial charge >= 0.3 is 5.97 Å². The third-order valence-corrected chi connectivity index (χ3v) is 5.11. The van der Waals surface area contributed by atoms with Gasteiger partial charge in [-0.2, -0.15) is 5.10 Å². The quantitative estimate of drug-likeness (QED) is 0.831. The van der Waals surface area contributed by atoms with Gasteiger partial charge < -0.3 is 14.7 Å². The Kier molecular flexibility index (Phi) is 4.91. The van der Waals surface area contributed by atoms with Crippen LogP contribution in [0.15, 0.2) is 36.5 Å². The van der Waals surface area contributed by atoms with Gasteiger partial charge in [-0.05, 0) is 23.8 Å². The number of H-pyrrole nitrogens is 1. The molecule has 2 atom stereocenters. The third-order valence-electron chi connectivity index (χ3n) is 5.11. The lowest BCUT2D eigenvalue weighted by atomic mass is 10.1. The number of aromatic amines is 1. The first-order valence-corrected chi connectivity index (χ1v) is 9.03. The van der Waals surface area contributed by atoms with Gasteiger partial charge in [-0.3, -0.25) is 19.6 Å². The van der Waals surface area contributed by atoms with Crippen molar-refractivity contribution >= 4 is 11.9 Å². The van der Waals surface area contributed by atoms with Crippen LogP contribution in [0.3, 0.4) is 0 Å². The summed E-state index contributed by atoms with van der Waals surface area (Å²) in [4.78, 5) is 28.0. The maximum absolute atomic E-state index is 13.1. The second-order valence-electron chi connectivity index (χ2n) is 7.15. The molecule has 1 aromatic carbocycles. The third kappa shape index (κ3) is 3.86. The van der Waals surface area contributed by atoms with Crippen LogP contribution in [0, 0.1) is 5.92 Å². The Balaban J connectivity index is 1.53. The van der Waals surface area contributed by atoms with Crippen molar-refractivity contribution in [3.05, 3.63) is 42.1 Å². The van der Waals surface area contributed by atoms with Gasteiger partial charge in [0.25, 0.3) is 5.91 Å². The van der Waals surface area contributed by atoms with E-state index in [4.69, 9.17) is 9.84 Å². The molecule has 27 heavy (non-hydrogen) atoms. The van der Waals surface area contributed by atoms with Crippen molar-refractivity contribution in [2.24, 2.45) is 5.92 Å². The van der Waals surface area contributed by atoms with Crippen LogP contribution in [0.1, 0.15) is 10.4 Å². The lowest BCUT2D eigenvalue weighted by Crippen LogP contribution is -2.47. The molecule has 0 aliphatic carbocycles. The maximum Gasteiger partial charge on any atom is 0.317 e. The highest BCUT2D eigenvalue weighted by Gasteiger charge is 2.36. The minimum atomic E-state index is -0.844. The number of hydrogen-bond donors (Lipinski definition) is 2. The van der Waals surface area contributed by atoms with E-state index in [9.17, 15) is 9.59 Å². The number of nitrogens with one attached hydrogen (secondary N) is 1. The molecular weight excluding hydrogens is 348 g/mol. The molecule has 2 aliphatic heterocycles. The normalized spacial score (nSPS) is 23.0. The summed E-state index contributed by atoms with van der Waals surface area (Å²) in [5.41, 5.74) is 2.49. The number of rotatable bonds is 4. The number of carbonyl (C=O) groups excluding carboxylic acids is 1. The molecule has 4 rings (SSSR count). The number of aromatic nitrogens is 2. The molecular formula is C19H22N4O4. The van der Waals surface area contributed by atoms with Crippen molar-refractivity contribution in [2.45, 2.75) is 6.04 Å². The summed E-state index contributed by atoms with van der Waals surface area (Å²) in [6.07, 6.45) is 1.69. The summed E-state index contributed by atoms with van der Waals surface area (Å²) in [6, 6.07) is 9.18. The summed E-state index contributed by atoms with van der Waals surface area (Å²) in [6.45, 7) is 2.71. The fourth-order valence-electron chi connectivity index (χ4n) is 3.88. The number of ether oxygens (including phenoxy) is 1. The molecule has 8 nitrogen and oxygen atoms in total. The Morgan fingerprint density at radius 3 is 2.67 bits per heavy atom. The molecule has 2 aliphatic rings. The molecule has 0 unspecified atom stereocenters. The molecule has 2 N–H and O–H groups in total. The molecule has 2 fully saturated rings. The van der Waals surface area contributed by atoms with E-state index < -0.39 is 5.97 Å². The lowest BCUT2D eigenvalue weighted by Gasteiger charge is -2.30. The standard InChI is InChI=1S/C19H22N4O4/c24-18(25)10-22-7-13-8-23(16(9-22)12-27-11-13)19(26)15-3-1-14(2-4-15)17-5-6-20-21-17/h1-6,13,16H,7-12H2,(H,20,21)(H,24,25)/t13-,16-/m0/s1. The summed E-state index contributed by atoms with van der Waals surface area (Å²) >= 11 is 0. The molecule has 1 aromatic heterocycles. The number of aliphatic carboxylic acids is 1. The van der Waals surface area contributed by atoms with Gasteiger partial charge in [-0.15, -0.1) is 0 Å². The van der Waals surface area contributed by atoms with Crippen LogP contribution in [0.2, 0.25) is 0 Å². The second-order valence-corrected chi connectivity index (χ2v) is 7.15. The van der Waals surface area contributed by atoms with Crippen LogP contribution in [-0.4, -0.2) is 82.4 Å². The molecule has 1 amide bonds. The van der Waals surface area contributed by atoms with Crippen molar-refractivity contribution in [2.75, 3.05) is 39.4 Å². The van der Waals surface area contributed by atoms with E-state index in [-0.39, 0.29) is 24.4 Å². The summed E-state index contributed by atoms with van der Waals surface area (Å²) in [5, 5.41) is 16.0. The number of carboxylic acid groups (broad SMARTS) is 1. The largest absolute Gasteiger partial charge is 0.480 e. The van der Waals surface area contributed by atoms with E-state index in [1.54, 1.807) is 6.20 Å². The molecule has 2 bridgehead atoms. The Morgan fingerprint density at radius 2 is 1.96 bits per heavy atom. The average molecular weight is 370 g/mol. The molecule has 8 heteroatoms. The molecule has 2 aromatic rings. The molecule has 142 valence electrons. The first-order chi connectivity index (χ1) is 13.1. The van der Waals surface area contributed by atoms with E-state index in [0.717, 1.165) is 11.3 Å². The zero-order chi connectivity index (χ0) is 18.8. The first-order valence-electron chi connectivity index (χ1n) is 9.03. The van der Waals surface area contributed by atoms with Gasteiger partial charge in [-0.1, -0.05) is 12.1 Å². The molecule has 0 saturated carbocycles. The fraction of sp³-hybridized carbons (Fsp3) is 0.421. The Hall–Kier alpha value is -2.71. The topological polar surface area (TPSA) is 98.8 Å². The van der Waals surface area contributed by atoms with Gasteiger partial charge in [0.15, 0.2) is 0 Å². The summed E-state index contributed by atoms with van der Waals surface area (Å²) < 4.78 is 5.72. The van der Waals surface area contributed by atoms with Crippen molar-refractivity contribution in [1.82, 2.24) is 20.0 Å². The molecule has 0 spiro atoms. The van der Waals surface area contributed by atoms with Gasteiger partial charge in [0.05, 0.1) is 31.5 Å². The van der Waals surface area contributed by atoms with Crippen LogP contribution < -0.4 is 0 Å². The van der Waals surface area contributed by atoms with Crippen LogP contribution in [-0.2, 0) is 9.53 Å². The Bertz CT molecular complexity index is 806. The number of carboxylic acids is 1. The molecule has 2 saturated heterocycles. The van der Waals surface area contributed by atoms with E-state index in [1.807, 2.05) is 40.1 Å². The smallest absolute Gasteiger partial charge is 0.317 e. The lowest BCUT2D eigenvalue weighted by molar-refractivity contribution is -0.138. The van der Waals surface area contributed by atoms with Crippen molar-refractivity contribution < 1.29 is 19.4 Å². The zero-order valence-electron chi connectivity index (χ0n) is 14.9. The summed E-state index contributed by atoms with van der Waals surface area (Å²) in [7, 11) is 0. The first kappa shape index (κ1) is 17.7. The maximum atomic E-state index is 13.1. The van der Waals surface area contributed by atoms with Crippen LogP contribution in [0.5, 0.6) is 0 Å². The highest BCUT2D eigenvalue weighted by molar-refractivity contribution is 5.95. The minimum absolute atomic E-state index is 0.00604. The predicted molar refractivity (Wildman–Crippen MR) is 97.2 cm³/mol. The number of hydrogen-bond acceptors (Lipinski definition) is 5. The monoisotopic (exact) mass is 370 g/mol. The average Bonchev–Trinajstić information content (AvgIpc) is 3.03. The predicted octanol–water partition coefficient (Wildman–Crippen LogP) is 0.934. The Labute approximate surface area is 156 Å². The minimum Gasteiger partial charge on any atom is -0.480 e. The van der Waals surface area contributed by atoms with Gasteiger partial charge in [0.2, 0.25) is 0 Å². The number of amides is 1. The fourth-order valence-corrected chi connectivity index (χ4v) is 3.88. The highest BCUT2D eigenvalue weighted by Crippen LogP contribution is 2.23. The van der Waals surface area contributed by atoms with Gasteiger partial charge in [0, 0.05) is 37.3 Å². The van der Waals surface area contributed by atoms with Crippen LogP contribution >= 0.6 is 0 Å². The summed E-state index contributed by atoms with van der Waals surface area (Å²) in [5.74, 6) is -0.767. The van der Waals surface area contributed by atoms with E-state index in [1.165, 1.54) is 0 Å². The number of benzene rings is 1. The number of fused-ring (bicyclic) bond motifs is 3. The van der Waals surface area contributed by atoms with Crippen LogP contribution in [0.4, 0.5) is 0 Å². The van der Waals surface area contributed by atoms with E-state index >= 15 is 0 Å². The van der Waals surface area contributed by atoms with Crippen molar-refractivity contribution in [1.29, 1.82) is 0 Å². The van der Waals surface area contributed by atoms with E-state index in [2.05, 4.69) is 10.2 Å². The van der Waals surface area contributed by atoms with Gasteiger partial charge in [0.1, 0.15) is 0 Å². The van der Waals surface area contributed by atoms with Crippen LogP contribution in [0.25, 0.3) is 11.3 Å². The molecule has 3 heterocycles. The zero-order valence-corrected chi connectivity index (χ0v) is 14.9. The van der Waals surface area contributed by atoms with E-state index in [0.29, 0.717) is 38.4 Å². The number of nitrogens with zero attached hydrogens (tertiary/aromatic N) is 3. The highest BCUT2D eigenvalue weighted by atomic mass is 16.5. The van der Waals surface area contributed by atoms with Crippen molar-refractivity contribution in [3.63, 3.8) is 0 Å².